The number of nitrogens with zero attached hydrogens (tertiary/aromatic N) is 6. The summed E-state index contributed by atoms with van der Waals surface area (Å²) in [6.45, 7) is 12.6. The van der Waals surface area contributed by atoms with Gasteiger partial charge in [-0.1, -0.05) is 64.8 Å². The number of ether oxygens (including phenoxy) is 2. The number of carbonyl (C=O) groups excluding carboxylic acids is 2. The maximum absolute atomic E-state index is 13.5. The van der Waals surface area contributed by atoms with Crippen LogP contribution in [-0.4, -0.2) is 80.8 Å². The van der Waals surface area contributed by atoms with Gasteiger partial charge in [0.2, 0.25) is 5.82 Å². The van der Waals surface area contributed by atoms with Crippen molar-refractivity contribution in [1.82, 2.24) is 40.1 Å². The minimum atomic E-state index is -0.405. The minimum absolute atomic E-state index is 0.0200. The molecule has 1 aliphatic heterocycles. The van der Waals surface area contributed by atoms with Gasteiger partial charge in [-0.3, -0.25) is 19.4 Å². The molecule has 0 spiro atoms. The Bertz CT molecular complexity index is 1870. The lowest BCUT2D eigenvalue weighted by Gasteiger charge is -2.32. The first kappa shape index (κ1) is 34.8. The van der Waals surface area contributed by atoms with Crippen molar-refractivity contribution >= 4 is 23.4 Å². The topological polar surface area (TPSA) is 148 Å². The van der Waals surface area contributed by atoms with Crippen LogP contribution in [0.15, 0.2) is 48.7 Å². The number of rotatable bonds is 9. The van der Waals surface area contributed by atoms with E-state index < -0.39 is 6.03 Å². The van der Waals surface area contributed by atoms with Gasteiger partial charge in [0.25, 0.3) is 5.91 Å². The van der Waals surface area contributed by atoms with E-state index in [-0.39, 0.29) is 40.5 Å². The van der Waals surface area contributed by atoms with Crippen molar-refractivity contribution in [1.29, 1.82) is 0 Å². The summed E-state index contributed by atoms with van der Waals surface area (Å²) >= 11 is 0. The largest absolute Gasteiger partial charge is 0.484 e. The first-order valence-corrected chi connectivity index (χ1v) is 18.2. The molecule has 1 saturated carbocycles. The number of fused-ring (bicyclic) bond motifs is 2. The van der Waals surface area contributed by atoms with Gasteiger partial charge in [0, 0.05) is 43.1 Å². The lowest BCUT2D eigenvalue weighted by molar-refractivity contribution is 0.0383. The summed E-state index contributed by atoms with van der Waals surface area (Å²) in [4.78, 5) is 37.9. The number of carbonyl (C=O) groups is 2. The zero-order chi connectivity index (χ0) is 35.6. The van der Waals surface area contributed by atoms with Crippen LogP contribution < -0.4 is 20.7 Å². The number of nitrogens with one attached hydrogen (secondary N) is 3. The van der Waals surface area contributed by atoms with Crippen LogP contribution in [0.2, 0.25) is 0 Å². The molecule has 3 aromatic heterocycles. The molecule has 2 aliphatic carbocycles. The molecule has 4 heterocycles. The van der Waals surface area contributed by atoms with Crippen molar-refractivity contribution in [2.24, 2.45) is 0 Å². The fourth-order valence-corrected chi connectivity index (χ4v) is 7.46. The highest BCUT2D eigenvalue weighted by Crippen LogP contribution is 2.41. The van der Waals surface area contributed by atoms with Crippen LogP contribution >= 0.6 is 0 Å². The van der Waals surface area contributed by atoms with Crippen LogP contribution in [-0.2, 0) is 15.6 Å². The predicted octanol–water partition coefficient (Wildman–Crippen LogP) is 5.49. The highest BCUT2D eigenvalue weighted by Gasteiger charge is 2.35. The Morgan fingerprint density at radius 3 is 2.53 bits per heavy atom. The average Bonchev–Trinajstić information content (AvgIpc) is 3.76. The molecule has 270 valence electrons. The lowest BCUT2D eigenvalue weighted by Crippen LogP contribution is -2.41. The van der Waals surface area contributed by atoms with Crippen LogP contribution in [0.5, 0.6) is 5.75 Å². The molecule has 13 nitrogen and oxygen atoms in total. The van der Waals surface area contributed by atoms with Crippen LogP contribution in [0.3, 0.4) is 0 Å². The minimum Gasteiger partial charge on any atom is -0.484 e. The van der Waals surface area contributed by atoms with E-state index in [9.17, 15) is 9.59 Å². The molecule has 0 radical (unpaired) electrons. The number of amides is 3. The summed E-state index contributed by atoms with van der Waals surface area (Å²) in [6.07, 6.45) is 7.86. The van der Waals surface area contributed by atoms with E-state index in [2.05, 4.69) is 58.4 Å². The third-order valence-electron chi connectivity index (χ3n) is 10.4. The highest BCUT2D eigenvalue weighted by molar-refractivity contribution is 5.92. The van der Waals surface area contributed by atoms with E-state index in [1.807, 2.05) is 57.3 Å². The van der Waals surface area contributed by atoms with Crippen LogP contribution in [0, 0.1) is 0 Å². The smallest absolute Gasteiger partial charge is 0.320 e. The lowest BCUT2D eigenvalue weighted by atomic mass is 9.85. The number of benzene rings is 1. The van der Waals surface area contributed by atoms with Gasteiger partial charge in [0.15, 0.2) is 5.65 Å². The normalized spacial score (nSPS) is 20.5. The summed E-state index contributed by atoms with van der Waals surface area (Å²) in [5.74, 6) is 1.67. The van der Waals surface area contributed by atoms with Gasteiger partial charge in [-0.25, -0.2) is 14.8 Å². The number of pyridine rings is 1. The molecule has 3 N–H and O–H groups in total. The zero-order valence-electron chi connectivity index (χ0n) is 30.1. The molecule has 4 aromatic rings. The fourth-order valence-electron chi connectivity index (χ4n) is 7.46. The number of hydrogen-bond acceptors (Lipinski definition) is 9. The van der Waals surface area contributed by atoms with Gasteiger partial charge >= 0.3 is 6.03 Å². The maximum atomic E-state index is 13.5. The molecule has 2 atom stereocenters. The van der Waals surface area contributed by atoms with Gasteiger partial charge in [-0.15, -0.1) is 10.2 Å². The third-order valence-corrected chi connectivity index (χ3v) is 10.4. The highest BCUT2D eigenvalue weighted by atomic mass is 16.5. The molecule has 0 bridgehead atoms. The predicted molar refractivity (Wildman–Crippen MR) is 193 cm³/mol. The van der Waals surface area contributed by atoms with Gasteiger partial charge in [-0.05, 0) is 48.9 Å². The van der Waals surface area contributed by atoms with E-state index in [1.165, 1.54) is 12.8 Å². The SMILES string of the molecule is CC(C)(C)c1cc(NC(=O)N[C@H]2CC[C@@H](Oc3ccc4nnc(C5(C)CCCC5)n4c3)c3ccccc32)nc(C(=O)NCCN2CCOCC2)n1. The number of urea groups is 1. The number of hydrogen-bond donors (Lipinski definition) is 3. The second kappa shape index (κ2) is 14.5. The molecule has 3 aliphatic rings. The maximum Gasteiger partial charge on any atom is 0.320 e. The quantitative estimate of drug-likeness (QED) is 0.207. The van der Waals surface area contributed by atoms with Gasteiger partial charge in [0.05, 0.1) is 31.1 Å². The van der Waals surface area contributed by atoms with E-state index in [4.69, 9.17) is 9.47 Å². The molecule has 1 saturated heterocycles. The molecular weight excluding hydrogens is 646 g/mol. The standard InChI is InChI=1S/C38H49N9O4/c1-37(2,3)30-23-31(42-33(41-30)34(48)39-17-18-46-19-21-50-22-20-46)43-36(49)40-28-12-13-29(27-10-6-5-9-26(27)28)51-25-11-14-32-44-45-35(47(32)24-25)38(4)15-7-8-16-38/h5-6,9-11,14,23-24,28-29H,7-8,12-13,15-22H2,1-4H3,(H,39,48)(H2,40,41,42,43,49)/t28-,29+/m0/s1. The third kappa shape index (κ3) is 7.84. The summed E-state index contributed by atoms with van der Waals surface area (Å²) in [5, 5.41) is 18.0. The van der Waals surface area contributed by atoms with Crippen molar-refractivity contribution in [3.8, 4) is 5.75 Å². The molecule has 13 heteroatoms. The Balaban J connectivity index is 1.03. The Morgan fingerprint density at radius 1 is 1.00 bits per heavy atom. The molecule has 3 amide bonds. The zero-order valence-corrected chi connectivity index (χ0v) is 30.1. The van der Waals surface area contributed by atoms with Crippen molar-refractivity contribution in [3.63, 3.8) is 0 Å². The van der Waals surface area contributed by atoms with Crippen LogP contribution in [0.25, 0.3) is 5.65 Å². The van der Waals surface area contributed by atoms with Crippen LogP contribution in [0.1, 0.15) is 112 Å². The monoisotopic (exact) mass is 695 g/mol. The van der Waals surface area contributed by atoms with Crippen molar-refractivity contribution in [3.05, 3.63) is 77.1 Å². The van der Waals surface area contributed by atoms with Crippen molar-refractivity contribution < 1.29 is 19.1 Å². The molecule has 7 rings (SSSR count). The summed E-state index contributed by atoms with van der Waals surface area (Å²) < 4.78 is 14.1. The Morgan fingerprint density at radius 2 is 1.76 bits per heavy atom. The van der Waals surface area contributed by atoms with E-state index in [0.717, 1.165) is 54.3 Å². The summed E-state index contributed by atoms with van der Waals surface area (Å²) in [6, 6.07) is 13.1. The fraction of sp³-hybridized carbons (Fsp3) is 0.526. The Labute approximate surface area is 298 Å². The van der Waals surface area contributed by atoms with Gasteiger partial charge in [-0.2, -0.15) is 0 Å². The van der Waals surface area contributed by atoms with Crippen molar-refractivity contribution in [2.45, 2.75) is 89.2 Å². The number of morpholine rings is 1. The van der Waals surface area contributed by atoms with Gasteiger partial charge < -0.3 is 20.1 Å². The number of aromatic nitrogens is 5. The first-order valence-electron chi connectivity index (χ1n) is 18.2. The molecule has 51 heavy (non-hydrogen) atoms. The second-order valence-corrected chi connectivity index (χ2v) is 15.3. The summed E-state index contributed by atoms with van der Waals surface area (Å²) in [7, 11) is 0. The molecular formula is C38H49N9O4. The van der Waals surface area contributed by atoms with E-state index in [1.54, 1.807) is 6.07 Å². The van der Waals surface area contributed by atoms with E-state index in [0.29, 0.717) is 44.8 Å². The Kier molecular flexibility index (Phi) is 9.93. The second-order valence-electron chi connectivity index (χ2n) is 15.3. The molecule has 2 fully saturated rings. The Hall–Kier alpha value is -4.62. The summed E-state index contributed by atoms with van der Waals surface area (Å²) in [5.41, 5.74) is 3.17. The van der Waals surface area contributed by atoms with Gasteiger partial charge in [0.1, 0.15) is 23.5 Å². The van der Waals surface area contributed by atoms with Crippen molar-refractivity contribution in [2.75, 3.05) is 44.7 Å². The molecule has 1 aromatic carbocycles. The first-order chi connectivity index (χ1) is 24.6. The number of anilines is 1. The van der Waals surface area contributed by atoms with E-state index >= 15 is 0 Å². The average molecular weight is 696 g/mol. The van der Waals surface area contributed by atoms with Crippen LogP contribution in [0.4, 0.5) is 10.6 Å². The molecule has 0 unspecified atom stereocenters.